The summed E-state index contributed by atoms with van der Waals surface area (Å²) in [6, 6.07) is 2.83. The number of alkyl halides is 1. The molecule has 1 rings (SSSR count). The molecule has 0 amide bonds. The second kappa shape index (κ2) is 4.44. The SMILES string of the molecule is Fc1ccnc(CCCBr)c1. The molecular weight excluding hydrogens is 209 g/mol. The smallest absolute Gasteiger partial charge is 0.126 e. The molecule has 0 fully saturated rings. The summed E-state index contributed by atoms with van der Waals surface area (Å²) in [5.41, 5.74) is 0.824. The molecule has 0 N–H and O–H groups in total. The van der Waals surface area contributed by atoms with Crippen molar-refractivity contribution in [2.45, 2.75) is 12.8 Å². The molecule has 0 aliphatic carbocycles. The molecule has 60 valence electrons. The zero-order chi connectivity index (χ0) is 8.10. The Morgan fingerprint density at radius 2 is 2.36 bits per heavy atom. The number of halogens is 2. The van der Waals surface area contributed by atoms with Crippen LogP contribution in [0.3, 0.4) is 0 Å². The summed E-state index contributed by atoms with van der Waals surface area (Å²) in [5, 5.41) is 0.936. The highest BCUT2D eigenvalue weighted by atomic mass is 79.9. The average Bonchev–Trinajstić information content (AvgIpc) is 2.01. The van der Waals surface area contributed by atoms with Crippen LogP contribution in [0, 0.1) is 5.82 Å². The maximum absolute atomic E-state index is 12.5. The van der Waals surface area contributed by atoms with E-state index >= 15 is 0 Å². The summed E-state index contributed by atoms with van der Waals surface area (Å²) in [7, 11) is 0. The summed E-state index contributed by atoms with van der Waals surface area (Å²) in [5.74, 6) is -0.204. The van der Waals surface area contributed by atoms with Gasteiger partial charge in [0.05, 0.1) is 0 Å². The van der Waals surface area contributed by atoms with Crippen molar-refractivity contribution in [1.29, 1.82) is 0 Å². The van der Waals surface area contributed by atoms with Gasteiger partial charge in [0.25, 0.3) is 0 Å². The van der Waals surface area contributed by atoms with Crippen LogP contribution in [0.4, 0.5) is 4.39 Å². The van der Waals surface area contributed by atoms with E-state index in [1.54, 1.807) is 0 Å². The normalized spacial score (nSPS) is 10.0. The van der Waals surface area contributed by atoms with E-state index in [9.17, 15) is 4.39 Å². The number of nitrogens with zero attached hydrogens (tertiary/aromatic N) is 1. The quantitative estimate of drug-likeness (QED) is 0.710. The number of aryl methyl sites for hydroxylation is 1. The van der Waals surface area contributed by atoms with Crippen LogP contribution in [0.5, 0.6) is 0 Å². The Labute approximate surface area is 73.8 Å². The van der Waals surface area contributed by atoms with Crippen LogP contribution >= 0.6 is 15.9 Å². The van der Waals surface area contributed by atoms with Crippen LogP contribution < -0.4 is 0 Å². The second-order valence-electron chi connectivity index (χ2n) is 2.26. The van der Waals surface area contributed by atoms with Gasteiger partial charge in [0.1, 0.15) is 5.82 Å². The molecule has 0 saturated carbocycles. The highest BCUT2D eigenvalue weighted by Gasteiger charge is 1.94. The van der Waals surface area contributed by atoms with Crippen molar-refractivity contribution in [2.24, 2.45) is 0 Å². The van der Waals surface area contributed by atoms with Crippen LogP contribution in [-0.2, 0) is 6.42 Å². The number of aromatic nitrogens is 1. The van der Waals surface area contributed by atoms with E-state index in [1.807, 2.05) is 0 Å². The van der Waals surface area contributed by atoms with Gasteiger partial charge in [0.15, 0.2) is 0 Å². The van der Waals surface area contributed by atoms with Crippen molar-refractivity contribution in [3.8, 4) is 0 Å². The van der Waals surface area contributed by atoms with Crippen LogP contribution in [0.1, 0.15) is 12.1 Å². The highest BCUT2D eigenvalue weighted by Crippen LogP contribution is 2.03. The molecule has 11 heavy (non-hydrogen) atoms. The lowest BCUT2D eigenvalue weighted by Gasteiger charge is -1.96. The predicted octanol–water partition coefficient (Wildman–Crippen LogP) is 2.55. The molecule has 1 aromatic rings. The molecule has 0 saturated heterocycles. The zero-order valence-corrected chi connectivity index (χ0v) is 7.64. The van der Waals surface area contributed by atoms with Crippen molar-refractivity contribution in [1.82, 2.24) is 4.98 Å². The van der Waals surface area contributed by atoms with Gasteiger partial charge in [-0.25, -0.2) is 4.39 Å². The van der Waals surface area contributed by atoms with Gasteiger partial charge in [-0.05, 0) is 25.0 Å². The number of hydrogen-bond donors (Lipinski definition) is 0. The van der Waals surface area contributed by atoms with Crippen molar-refractivity contribution in [2.75, 3.05) is 5.33 Å². The predicted molar refractivity (Wildman–Crippen MR) is 46.3 cm³/mol. The van der Waals surface area contributed by atoms with Gasteiger partial charge in [0, 0.05) is 17.2 Å². The highest BCUT2D eigenvalue weighted by molar-refractivity contribution is 9.09. The first-order valence-corrected chi connectivity index (χ1v) is 4.61. The fourth-order valence-corrected chi connectivity index (χ4v) is 1.11. The molecule has 0 aliphatic rings. The summed E-state index contributed by atoms with van der Waals surface area (Å²) in [4.78, 5) is 4.02. The summed E-state index contributed by atoms with van der Waals surface area (Å²) >= 11 is 3.30. The molecule has 1 heterocycles. The van der Waals surface area contributed by atoms with Gasteiger partial charge < -0.3 is 0 Å². The Morgan fingerprint density at radius 1 is 1.55 bits per heavy atom. The lowest BCUT2D eigenvalue weighted by Crippen LogP contribution is -1.90. The van der Waals surface area contributed by atoms with E-state index in [1.165, 1.54) is 18.3 Å². The molecule has 0 bridgehead atoms. The van der Waals surface area contributed by atoms with E-state index in [4.69, 9.17) is 0 Å². The summed E-state index contributed by atoms with van der Waals surface area (Å²) in [6.07, 6.45) is 3.33. The Morgan fingerprint density at radius 3 is 3.00 bits per heavy atom. The largest absolute Gasteiger partial charge is 0.261 e. The van der Waals surface area contributed by atoms with E-state index in [0.717, 1.165) is 23.9 Å². The van der Waals surface area contributed by atoms with E-state index in [0.29, 0.717) is 0 Å². The first-order chi connectivity index (χ1) is 5.33. The molecule has 0 atom stereocenters. The van der Waals surface area contributed by atoms with Crippen molar-refractivity contribution in [3.05, 3.63) is 29.8 Å². The van der Waals surface area contributed by atoms with E-state index in [-0.39, 0.29) is 5.82 Å². The van der Waals surface area contributed by atoms with Gasteiger partial charge in [-0.2, -0.15) is 0 Å². The third-order valence-electron chi connectivity index (χ3n) is 1.35. The summed E-state index contributed by atoms with van der Waals surface area (Å²) in [6.45, 7) is 0. The minimum Gasteiger partial charge on any atom is -0.261 e. The fourth-order valence-electron chi connectivity index (χ4n) is 0.833. The van der Waals surface area contributed by atoms with Gasteiger partial charge in [0.2, 0.25) is 0 Å². The molecule has 0 aromatic carbocycles. The Kier molecular flexibility index (Phi) is 3.49. The van der Waals surface area contributed by atoms with Gasteiger partial charge in [-0.3, -0.25) is 4.98 Å². The topological polar surface area (TPSA) is 12.9 Å². The number of pyridine rings is 1. The Hall–Kier alpha value is -0.440. The second-order valence-corrected chi connectivity index (χ2v) is 3.05. The molecule has 3 heteroatoms. The van der Waals surface area contributed by atoms with E-state index < -0.39 is 0 Å². The summed E-state index contributed by atoms with van der Waals surface area (Å²) < 4.78 is 12.5. The molecule has 0 unspecified atom stereocenters. The minimum absolute atomic E-state index is 0.204. The molecule has 0 radical (unpaired) electrons. The third kappa shape index (κ3) is 2.97. The molecule has 0 aliphatic heterocycles. The van der Waals surface area contributed by atoms with Crippen molar-refractivity contribution < 1.29 is 4.39 Å². The maximum Gasteiger partial charge on any atom is 0.126 e. The van der Waals surface area contributed by atoms with Gasteiger partial charge >= 0.3 is 0 Å². The first-order valence-electron chi connectivity index (χ1n) is 3.49. The molecule has 1 aromatic heterocycles. The zero-order valence-electron chi connectivity index (χ0n) is 6.06. The van der Waals surface area contributed by atoms with Crippen LogP contribution in [-0.4, -0.2) is 10.3 Å². The monoisotopic (exact) mass is 217 g/mol. The lowest BCUT2D eigenvalue weighted by atomic mass is 10.2. The average molecular weight is 218 g/mol. The number of hydrogen-bond acceptors (Lipinski definition) is 1. The minimum atomic E-state index is -0.204. The van der Waals surface area contributed by atoms with Gasteiger partial charge in [-0.1, -0.05) is 15.9 Å². The molecular formula is C8H9BrFN. The van der Waals surface area contributed by atoms with Crippen LogP contribution in [0.15, 0.2) is 18.3 Å². The maximum atomic E-state index is 12.5. The van der Waals surface area contributed by atoms with Crippen molar-refractivity contribution in [3.63, 3.8) is 0 Å². The van der Waals surface area contributed by atoms with Crippen LogP contribution in [0.2, 0.25) is 0 Å². The standard InChI is InChI=1S/C8H9BrFN/c9-4-1-2-8-6-7(10)3-5-11-8/h3,5-6H,1-2,4H2. The fraction of sp³-hybridized carbons (Fsp3) is 0.375. The molecule has 1 nitrogen and oxygen atoms in total. The van der Waals surface area contributed by atoms with Gasteiger partial charge in [-0.15, -0.1) is 0 Å². The number of rotatable bonds is 3. The Bertz CT molecular complexity index is 227. The first kappa shape index (κ1) is 8.65. The van der Waals surface area contributed by atoms with Crippen molar-refractivity contribution >= 4 is 15.9 Å². The Balaban J connectivity index is 2.56. The van der Waals surface area contributed by atoms with E-state index in [2.05, 4.69) is 20.9 Å². The van der Waals surface area contributed by atoms with Crippen LogP contribution in [0.25, 0.3) is 0 Å². The lowest BCUT2D eigenvalue weighted by molar-refractivity contribution is 0.621. The third-order valence-corrected chi connectivity index (χ3v) is 1.91. The molecule has 0 spiro atoms.